The van der Waals surface area contributed by atoms with Crippen LogP contribution in [0.5, 0.6) is 0 Å². The SMILES string of the molecule is CC(C#N)SC(N)=NN. The van der Waals surface area contributed by atoms with Gasteiger partial charge in [-0.1, -0.05) is 11.8 Å². The minimum absolute atomic E-state index is 0.183. The molecule has 0 spiro atoms. The van der Waals surface area contributed by atoms with Crippen molar-refractivity contribution in [2.75, 3.05) is 0 Å². The van der Waals surface area contributed by atoms with E-state index in [9.17, 15) is 0 Å². The van der Waals surface area contributed by atoms with Crippen LogP contribution in [0.4, 0.5) is 0 Å². The first-order chi connectivity index (χ1) is 4.20. The predicted octanol–water partition coefficient (Wildman–Crippen LogP) is -0.180. The smallest absolute Gasteiger partial charge is 0.178 e. The van der Waals surface area contributed by atoms with Gasteiger partial charge in [-0.2, -0.15) is 10.4 Å². The van der Waals surface area contributed by atoms with Gasteiger partial charge in [0.15, 0.2) is 5.17 Å². The van der Waals surface area contributed by atoms with Crippen LogP contribution in [0.3, 0.4) is 0 Å². The molecule has 1 atom stereocenters. The Balaban J connectivity index is 3.63. The molecule has 0 fully saturated rings. The van der Waals surface area contributed by atoms with Crippen molar-refractivity contribution in [2.24, 2.45) is 16.7 Å². The molecule has 4 nitrogen and oxygen atoms in total. The van der Waals surface area contributed by atoms with E-state index in [1.165, 1.54) is 0 Å². The van der Waals surface area contributed by atoms with Crippen molar-refractivity contribution in [3.05, 3.63) is 0 Å². The number of thioether (sulfide) groups is 1. The first-order valence-electron chi connectivity index (χ1n) is 2.30. The van der Waals surface area contributed by atoms with E-state index in [-0.39, 0.29) is 10.4 Å². The lowest BCUT2D eigenvalue weighted by atomic mass is 10.5. The van der Waals surface area contributed by atoms with Crippen molar-refractivity contribution in [2.45, 2.75) is 12.2 Å². The Morgan fingerprint density at radius 2 is 2.44 bits per heavy atom. The van der Waals surface area contributed by atoms with Gasteiger partial charge in [0, 0.05) is 0 Å². The standard InChI is InChI=1S/C4H8N4S/c1-3(2-5)9-4(6)8-7/h3H,7H2,1H3,(H2,6,8). The summed E-state index contributed by atoms with van der Waals surface area (Å²) in [6, 6.07) is 1.98. The third kappa shape index (κ3) is 3.67. The van der Waals surface area contributed by atoms with Gasteiger partial charge in [0.05, 0.1) is 11.3 Å². The molecule has 0 aliphatic heterocycles. The Labute approximate surface area is 57.9 Å². The van der Waals surface area contributed by atoms with Crippen LogP contribution in [-0.2, 0) is 0 Å². The van der Waals surface area contributed by atoms with Crippen molar-refractivity contribution < 1.29 is 0 Å². The summed E-state index contributed by atoms with van der Waals surface area (Å²) in [6.07, 6.45) is 0. The number of amidine groups is 1. The van der Waals surface area contributed by atoms with Gasteiger partial charge in [0.25, 0.3) is 0 Å². The van der Waals surface area contributed by atoms with Crippen molar-refractivity contribution in [1.82, 2.24) is 0 Å². The molecule has 0 saturated heterocycles. The zero-order valence-electron chi connectivity index (χ0n) is 5.03. The summed E-state index contributed by atoms with van der Waals surface area (Å²) in [5.74, 6) is 4.81. The number of nitrogens with two attached hydrogens (primary N) is 2. The maximum absolute atomic E-state index is 8.26. The van der Waals surface area contributed by atoms with Crippen LogP contribution < -0.4 is 11.6 Å². The third-order valence-electron chi connectivity index (χ3n) is 0.607. The molecule has 0 aromatic carbocycles. The lowest BCUT2D eigenvalue weighted by Gasteiger charge is -1.97. The summed E-state index contributed by atoms with van der Waals surface area (Å²) >= 11 is 1.14. The third-order valence-corrected chi connectivity index (χ3v) is 1.41. The molecule has 5 heteroatoms. The van der Waals surface area contributed by atoms with Crippen LogP contribution in [0.2, 0.25) is 0 Å². The molecule has 0 bridgehead atoms. The monoisotopic (exact) mass is 144 g/mol. The van der Waals surface area contributed by atoms with Gasteiger partial charge in [0.1, 0.15) is 0 Å². The normalized spacial score (nSPS) is 14.4. The molecular formula is C4H8N4S. The van der Waals surface area contributed by atoms with E-state index in [0.29, 0.717) is 0 Å². The summed E-state index contributed by atoms with van der Waals surface area (Å²) < 4.78 is 0. The van der Waals surface area contributed by atoms with Gasteiger partial charge >= 0.3 is 0 Å². The Morgan fingerprint density at radius 1 is 1.89 bits per heavy atom. The molecular weight excluding hydrogens is 136 g/mol. The number of hydrogen-bond donors (Lipinski definition) is 2. The summed E-state index contributed by atoms with van der Waals surface area (Å²) in [7, 11) is 0. The van der Waals surface area contributed by atoms with E-state index >= 15 is 0 Å². The highest BCUT2D eigenvalue weighted by Crippen LogP contribution is 2.06. The van der Waals surface area contributed by atoms with E-state index in [1.54, 1.807) is 6.92 Å². The lowest BCUT2D eigenvalue weighted by Crippen LogP contribution is -2.12. The van der Waals surface area contributed by atoms with Gasteiger partial charge in [0.2, 0.25) is 0 Å². The first-order valence-corrected chi connectivity index (χ1v) is 3.18. The van der Waals surface area contributed by atoms with Gasteiger partial charge in [-0.3, -0.25) is 0 Å². The topological polar surface area (TPSA) is 88.2 Å². The van der Waals surface area contributed by atoms with Crippen molar-refractivity contribution in [3.8, 4) is 6.07 Å². The fraction of sp³-hybridized carbons (Fsp3) is 0.500. The van der Waals surface area contributed by atoms with Gasteiger partial charge in [-0.25, -0.2) is 0 Å². The highest BCUT2D eigenvalue weighted by molar-refractivity contribution is 8.14. The number of nitrogens with zero attached hydrogens (tertiary/aromatic N) is 2. The summed E-state index contributed by atoms with van der Waals surface area (Å²) in [4.78, 5) is 0. The van der Waals surface area contributed by atoms with Crippen LogP contribution in [0.1, 0.15) is 6.92 Å². The van der Waals surface area contributed by atoms with Crippen LogP contribution in [0, 0.1) is 11.3 Å². The van der Waals surface area contributed by atoms with Crippen molar-refractivity contribution in [3.63, 3.8) is 0 Å². The van der Waals surface area contributed by atoms with Crippen LogP contribution in [0.15, 0.2) is 5.10 Å². The average Bonchev–Trinajstić information content (AvgIpc) is 1.87. The molecule has 0 aromatic rings. The van der Waals surface area contributed by atoms with Crippen molar-refractivity contribution in [1.29, 1.82) is 5.26 Å². The maximum atomic E-state index is 8.26. The summed E-state index contributed by atoms with van der Waals surface area (Å²) in [6.45, 7) is 1.72. The summed E-state index contributed by atoms with van der Waals surface area (Å²) in [5.41, 5.74) is 5.19. The molecule has 1 unspecified atom stereocenters. The van der Waals surface area contributed by atoms with Crippen LogP contribution in [0.25, 0.3) is 0 Å². The molecule has 4 N–H and O–H groups in total. The molecule has 0 amide bonds. The highest BCUT2D eigenvalue weighted by Gasteiger charge is 2.01. The van der Waals surface area contributed by atoms with E-state index < -0.39 is 0 Å². The first kappa shape index (κ1) is 8.11. The van der Waals surface area contributed by atoms with E-state index in [4.69, 9.17) is 16.8 Å². The molecule has 9 heavy (non-hydrogen) atoms. The quantitative estimate of drug-likeness (QED) is 0.231. The lowest BCUT2D eigenvalue weighted by molar-refractivity contribution is 1.23. The number of hydrazone groups is 1. The minimum atomic E-state index is -0.183. The van der Waals surface area contributed by atoms with Crippen LogP contribution in [-0.4, -0.2) is 10.4 Å². The highest BCUT2D eigenvalue weighted by atomic mass is 32.2. The number of rotatable bonds is 1. The Hall–Kier alpha value is -0.890. The fourth-order valence-corrected chi connectivity index (χ4v) is 0.714. The molecule has 0 aliphatic carbocycles. The van der Waals surface area contributed by atoms with Gasteiger partial charge in [-0.15, -0.1) is 0 Å². The van der Waals surface area contributed by atoms with Crippen LogP contribution >= 0.6 is 11.8 Å². The average molecular weight is 144 g/mol. The van der Waals surface area contributed by atoms with Crippen molar-refractivity contribution >= 4 is 16.9 Å². The largest absolute Gasteiger partial charge is 0.377 e. The van der Waals surface area contributed by atoms with Gasteiger partial charge < -0.3 is 11.6 Å². The maximum Gasteiger partial charge on any atom is 0.178 e. The van der Waals surface area contributed by atoms with Gasteiger partial charge in [-0.05, 0) is 6.92 Å². The molecule has 0 rings (SSSR count). The fourth-order valence-electron chi connectivity index (χ4n) is 0.238. The Morgan fingerprint density at radius 3 is 2.78 bits per heavy atom. The molecule has 0 aliphatic rings. The zero-order valence-corrected chi connectivity index (χ0v) is 5.85. The zero-order chi connectivity index (χ0) is 7.28. The van der Waals surface area contributed by atoms with E-state index in [2.05, 4.69) is 5.10 Å². The summed E-state index contributed by atoms with van der Waals surface area (Å²) in [5, 5.41) is 11.5. The Kier molecular flexibility index (Phi) is 3.64. The second-order valence-corrected chi connectivity index (χ2v) is 2.72. The second-order valence-electron chi connectivity index (χ2n) is 1.36. The van der Waals surface area contributed by atoms with E-state index in [0.717, 1.165) is 11.8 Å². The predicted molar refractivity (Wildman–Crippen MR) is 38.5 cm³/mol. The molecule has 0 aromatic heterocycles. The number of hydrogen-bond acceptors (Lipinski definition) is 4. The molecule has 0 heterocycles. The minimum Gasteiger partial charge on any atom is -0.377 e. The van der Waals surface area contributed by atoms with E-state index in [1.807, 2.05) is 6.07 Å². The molecule has 0 radical (unpaired) electrons. The second kappa shape index (κ2) is 4.04. The molecule has 50 valence electrons. The molecule has 0 saturated carbocycles. The number of nitriles is 1. The Bertz CT molecular complexity index is 147.